The van der Waals surface area contributed by atoms with Gasteiger partial charge in [-0.15, -0.1) is 11.8 Å². The number of aryl methyl sites for hydroxylation is 2. The first-order chi connectivity index (χ1) is 27.0. The van der Waals surface area contributed by atoms with Gasteiger partial charge < -0.3 is 24.4 Å². The van der Waals surface area contributed by atoms with Crippen LogP contribution in [-0.2, 0) is 36.7 Å². The number of benzene rings is 4. The number of rotatable bonds is 22. The second-order valence-corrected chi connectivity index (χ2v) is 14.5. The van der Waals surface area contributed by atoms with Crippen LogP contribution >= 0.6 is 11.8 Å². The molecular weight excluding hydrogens is 730 g/mol. The zero-order valence-corrected chi connectivity index (χ0v) is 33.2. The first-order valence-corrected chi connectivity index (χ1v) is 19.8. The van der Waals surface area contributed by atoms with E-state index < -0.39 is 23.7 Å². The lowest BCUT2D eigenvalue weighted by Gasteiger charge is -2.15. The highest BCUT2D eigenvalue weighted by molar-refractivity contribution is 7.99. The number of ether oxygens (including phenoxy) is 4. The highest BCUT2D eigenvalue weighted by Crippen LogP contribution is 2.31. The van der Waals surface area contributed by atoms with Crippen molar-refractivity contribution in [2.24, 2.45) is 0 Å². The Hall–Kier alpha value is -5.48. The molecule has 0 aliphatic rings. The third kappa shape index (κ3) is 13.4. The normalized spacial score (nSPS) is 10.7. The fraction of sp³-hybridized carbons (Fsp3) is 0.304. The minimum Gasteiger partial charge on any atom is -0.493 e. The minimum absolute atomic E-state index is 0.0215. The van der Waals surface area contributed by atoms with Crippen LogP contribution in [0.25, 0.3) is 22.3 Å². The Bertz CT molecular complexity index is 2020. The molecule has 4 aromatic carbocycles. The lowest BCUT2D eigenvalue weighted by molar-refractivity contribution is -0.139. The SMILES string of the molecule is C=C(C)C(=O)OCCCOc1ccc(-c2ccc(CCC(=O)Oc3ccc(-c4ccc(SCCCC)cc4)cc3C=N)cc2F)cc1CCCOC(=O)C(=C)C. The van der Waals surface area contributed by atoms with Gasteiger partial charge in [-0.1, -0.05) is 62.9 Å². The Morgan fingerprint density at radius 3 is 2.07 bits per heavy atom. The van der Waals surface area contributed by atoms with Gasteiger partial charge in [0, 0.05) is 46.2 Å². The third-order valence-electron chi connectivity index (χ3n) is 8.67. The van der Waals surface area contributed by atoms with Crippen LogP contribution in [-0.4, -0.2) is 49.7 Å². The molecule has 56 heavy (non-hydrogen) atoms. The van der Waals surface area contributed by atoms with Crippen LogP contribution < -0.4 is 9.47 Å². The first kappa shape index (κ1) is 43.3. The summed E-state index contributed by atoms with van der Waals surface area (Å²) in [5.74, 6) is 0.122. The molecule has 0 spiro atoms. The van der Waals surface area contributed by atoms with E-state index in [0.29, 0.717) is 64.2 Å². The van der Waals surface area contributed by atoms with Gasteiger partial charge in [-0.25, -0.2) is 14.0 Å². The summed E-state index contributed by atoms with van der Waals surface area (Å²) in [6.07, 6.45) is 5.25. The fourth-order valence-electron chi connectivity index (χ4n) is 5.54. The van der Waals surface area contributed by atoms with Crippen LogP contribution in [0.15, 0.2) is 108 Å². The van der Waals surface area contributed by atoms with E-state index in [-0.39, 0.29) is 32.7 Å². The van der Waals surface area contributed by atoms with E-state index in [1.807, 2.05) is 30.0 Å². The molecule has 0 aliphatic carbocycles. The Morgan fingerprint density at radius 2 is 1.41 bits per heavy atom. The van der Waals surface area contributed by atoms with E-state index in [1.165, 1.54) is 23.6 Å². The smallest absolute Gasteiger partial charge is 0.333 e. The monoisotopic (exact) mass is 779 g/mol. The molecule has 0 atom stereocenters. The van der Waals surface area contributed by atoms with Gasteiger partial charge in [0.25, 0.3) is 0 Å². The van der Waals surface area contributed by atoms with E-state index in [2.05, 4.69) is 44.3 Å². The molecule has 10 heteroatoms. The molecule has 1 N–H and O–H groups in total. The maximum absolute atomic E-state index is 15.6. The van der Waals surface area contributed by atoms with Crippen molar-refractivity contribution in [1.29, 1.82) is 5.41 Å². The van der Waals surface area contributed by atoms with Gasteiger partial charge in [-0.3, -0.25) is 4.79 Å². The zero-order valence-electron chi connectivity index (χ0n) is 32.4. The molecule has 0 radical (unpaired) electrons. The van der Waals surface area contributed by atoms with Crippen molar-refractivity contribution < 1.29 is 37.7 Å². The van der Waals surface area contributed by atoms with Gasteiger partial charge >= 0.3 is 17.9 Å². The second kappa shape index (κ2) is 22.2. The predicted molar refractivity (Wildman–Crippen MR) is 221 cm³/mol. The highest BCUT2D eigenvalue weighted by atomic mass is 32.2. The van der Waals surface area contributed by atoms with Gasteiger partial charge in [0.1, 0.15) is 17.3 Å². The summed E-state index contributed by atoms with van der Waals surface area (Å²) >= 11 is 1.83. The number of hydrogen-bond acceptors (Lipinski definition) is 9. The van der Waals surface area contributed by atoms with E-state index in [0.717, 1.165) is 28.9 Å². The standard InChI is InChI=1S/C46H50FNO7S/c1-6-7-26-56-39-17-13-34(14-18-39)35-15-21-43(38(28-35)30-48)55-44(49)22-12-33-11-19-40(41(47)27-33)36-16-20-42(52-24-9-25-54-46(51)32(4)5)37(29-36)10-8-23-53-45(50)31(2)3/h11,13-21,27-30,48H,2,4,6-10,12,22-26H2,1,3,5H3. The molecule has 0 aliphatic heterocycles. The predicted octanol–water partition coefficient (Wildman–Crippen LogP) is 10.5. The molecular formula is C46H50FNO7S. The molecule has 0 aromatic heterocycles. The zero-order chi connectivity index (χ0) is 40.5. The average molecular weight is 780 g/mol. The summed E-state index contributed by atoms with van der Waals surface area (Å²) in [5, 5.41) is 7.93. The van der Waals surface area contributed by atoms with Crippen molar-refractivity contribution in [2.75, 3.05) is 25.6 Å². The Kier molecular flexibility index (Phi) is 17.1. The van der Waals surface area contributed by atoms with E-state index >= 15 is 4.39 Å². The molecule has 0 fully saturated rings. The summed E-state index contributed by atoms with van der Waals surface area (Å²) in [4.78, 5) is 37.6. The molecule has 294 valence electrons. The molecule has 0 saturated carbocycles. The van der Waals surface area contributed by atoms with Crippen molar-refractivity contribution in [1.82, 2.24) is 0 Å². The molecule has 4 rings (SSSR count). The molecule has 0 amide bonds. The lowest BCUT2D eigenvalue weighted by Crippen LogP contribution is -2.10. The average Bonchev–Trinajstić information content (AvgIpc) is 3.19. The van der Waals surface area contributed by atoms with Crippen LogP contribution in [0.2, 0.25) is 0 Å². The van der Waals surface area contributed by atoms with Crippen molar-refractivity contribution in [3.8, 4) is 33.8 Å². The topological polar surface area (TPSA) is 112 Å². The van der Waals surface area contributed by atoms with Gasteiger partial charge in [-0.2, -0.15) is 0 Å². The molecule has 0 bridgehead atoms. The van der Waals surface area contributed by atoms with E-state index in [4.69, 9.17) is 24.4 Å². The summed E-state index contributed by atoms with van der Waals surface area (Å²) in [7, 11) is 0. The van der Waals surface area contributed by atoms with Crippen LogP contribution in [0.1, 0.15) is 69.6 Å². The Labute approximate surface area is 333 Å². The molecule has 0 saturated heterocycles. The first-order valence-electron chi connectivity index (χ1n) is 18.8. The molecule has 8 nitrogen and oxygen atoms in total. The second-order valence-electron chi connectivity index (χ2n) is 13.4. The molecule has 0 unspecified atom stereocenters. The van der Waals surface area contributed by atoms with E-state index in [1.54, 1.807) is 44.2 Å². The summed E-state index contributed by atoms with van der Waals surface area (Å²) in [5.41, 5.74) is 5.50. The molecule has 0 heterocycles. The van der Waals surface area contributed by atoms with Gasteiger partial charge in [-0.05, 0) is 116 Å². The maximum atomic E-state index is 15.6. The van der Waals surface area contributed by atoms with Crippen LogP contribution in [0, 0.1) is 11.2 Å². The number of nitrogens with one attached hydrogen (secondary N) is 1. The van der Waals surface area contributed by atoms with Crippen molar-refractivity contribution in [3.63, 3.8) is 0 Å². The Balaban J connectivity index is 1.38. The minimum atomic E-state index is -0.484. The highest BCUT2D eigenvalue weighted by Gasteiger charge is 2.15. The van der Waals surface area contributed by atoms with E-state index in [9.17, 15) is 14.4 Å². The number of unbranched alkanes of at least 4 members (excludes halogenated alkanes) is 1. The van der Waals surface area contributed by atoms with Crippen LogP contribution in [0.4, 0.5) is 4.39 Å². The third-order valence-corrected chi connectivity index (χ3v) is 9.76. The largest absolute Gasteiger partial charge is 0.493 e. The summed E-state index contributed by atoms with van der Waals surface area (Å²) in [6.45, 7) is 13.2. The van der Waals surface area contributed by atoms with Crippen LogP contribution in [0.5, 0.6) is 11.5 Å². The van der Waals surface area contributed by atoms with Crippen LogP contribution in [0.3, 0.4) is 0 Å². The van der Waals surface area contributed by atoms with Gasteiger partial charge in [0.2, 0.25) is 0 Å². The number of halogens is 1. The number of thioether (sulfide) groups is 1. The summed E-state index contributed by atoms with van der Waals surface area (Å²) in [6, 6.07) is 24.0. The summed E-state index contributed by atoms with van der Waals surface area (Å²) < 4.78 is 37.6. The fourth-order valence-corrected chi connectivity index (χ4v) is 6.54. The molecule has 4 aromatic rings. The quantitative estimate of drug-likeness (QED) is 0.0210. The Morgan fingerprint density at radius 1 is 0.750 bits per heavy atom. The van der Waals surface area contributed by atoms with Crippen molar-refractivity contribution >= 4 is 35.9 Å². The van der Waals surface area contributed by atoms with Gasteiger partial charge in [0.05, 0.1) is 19.8 Å². The number of esters is 3. The number of carbonyl (C=O) groups is 3. The van der Waals surface area contributed by atoms with Crippen molar-refractivity contribution in [3.05, 3.63) is 126 Å². The lowest BCUT2D eigenvalue weighted by atomic mass is 9.98. The van der Waals surface area contributed by atoms with Crippen molar-refractivity contribution in [2.45, 2.75) is 70.6 Å². The number of carbonyl (C=O) groups excluding carboxylic acids is 3. The van der Waals surface area contributed by atoms with Gasteiger partial charge in [0.15, 0.2) is 0 Å². The maximum Gasteiger partial charge on any atom is 0.333 e. The number of hydrogen-bond donors (Lipinski definition) is 1.